The number of imidazole rings is 1. The fraction of sp³-hybridized carbons (Fsp3) is 0.125. The van der Waals surface area contributed by atoms with Crippen LogP contribution in [0.4, 0.5) is 0 Å². The van der Waals surface area contributed by atoms with Crippen LogP contribution in [0.5, 0.6) is 0 Å². The predicted octanol–water partition coefficient (Wildman–Crippen LogP) is 2.42. The van der Waals surface area contributed by atoms with Crippen molar-refractivity contribution in [3.05, 3.63) is 59.7 Å². The quantitative estimate of drug-likeness (QED) is 0.683. The molecule has 1 aromatic carbocycles. The van der Waals surface area contributed by atoms with E-state index in [9.17, 15) is 4.79 Å². The second-order valence-corrected chi connectivity index (χ2v) is 4.21. The van der Waals surface area contributed by atoms with Crippen LogP contribution < -0.4 is 0 Å². The van der Waals surface area contributed by atoms with Crippen molar-refractivity contribution < 1.29 is 9.90 Å². The average molecular weight is 266 g/mol. The number of hydrogen-bond donors (Lipinski definition) is 1. The Hall–Kier alpha value is -2.80. The van der Waals surface area contributed by atoms with E-state index < -0.39 is 5.97 Å². The van der Waals surface area contributed by atoms with Gasteiger partial charge in [-0.25, -0.2) is 9.78 Å². The second kappa shape index (κ2) is 6.39. The lowest BCUT2D eigenvalue weighted by Gasteiger charge is -2.03. The van der Waals surface area contributed by atoms with Crippen LogP contribution in [-0.2, 0) is 11.3 Å². The molecule has 0 aliphatic heterocycles. The molecule has 0 aliphatic rings. The van der Waals surface area contributed by atoms with E-state index in [1.54, 1.807) is 25.5 Å². The highest BCUT2D eigenvalue weighted by Gasteiger charge is 2.03. The van der Waals surface area contributed by atoms with Crippen LogP contribution in [0.3, 0.4) is 0 Å². The molecule has 2 rings (SSSR count). The van der Waals surface area contributed by atoms with E-state index in [2.05, 4.69) is 16.8 Å². The third-order valence-corrected chi connectivity index (χ3v) is 2.71. The number of carboxylic acid groups (broad SMARTS) is 1. The summed E-state index contributed by atoms with van der Waals surface area (Å²) in [5.41, 5.74) is 2.04. The maximum absolute atomic E-state index is 11.0. The standard InChI is InChI=1S/C16H14N2O2/c1-2-3-15(16(19)20)10-13-4-6-14(7-5-13)11-18-9-8-17-12-18/h4-10,12H,11H2,1H3,(H,19,20)/b15-10+. The number of aliphatic carboxylic acids is 1. The van der Waals surface area contributed by atoms with Gasteiger partial charge in [0, 0.05) is 18.9 Å². The third-order valence-electron chi connectivity index (χ3n) is 2.71. The van der Waals surface area contributed by atoms with Crippen molar-refractivity contribution >= 4 is 12.0 Å². The topological polar surface area (TPSA) is 55.1 Å². The van der Waals surface area contributed by atoms with E-state index in [-0.39, 0.29) is 5.57 Å². The minimum Gasteiger partial charge on any atom is -0.477 e. The SMILES string of the molecule is CC#C/C(=C\c1ccc(Cn2ccnc2)cc1)C(=O)O. The van der Waals surface area contributed by atoms with E-state index in [1.807, 2.05) is 35.0 Å². The normalized spacial score (nSPS) is 10.8. The van der Waals surface area contributed by atoms with Crippen LogP contribution in [-0.4, -0.2) is 20.6 Å². The molecule has 0 atom stereocenters. The Labute approximate surface area is 117 Å². The second-order valence-electron chi connectivity index (χ2n) is 4.21. The van der Waals surface area contributed by atoms with Gasteiger partial charge in [0.2, 0.25) is 0 Å². The van der Waals surface area contributed by atoms with Gasteiger partial charge in [-0.3, -0.25) is 0 Å². The first-order valence-corrected chi connectivity index (χ1v) is 6.11. The molecule has 0 spiro atoms. The molecule has 2 aromatic rings. The summed E-state index contributed by atoms with van der Waals surface area (Å²) in [4.78, 5) is 15.0. The highest BCUT2D eigenvalue weighted by Crippen LogP contribution is 2.10. The fourth-order valence-electron chi connectivity index (χ4n) is 1.76. The van der Waals surface area contributed by atoms with Crippen LogP contribution >= 0.6 is 0 Å². The van der Waals surface area contributed by atoms with Crippen molar-refractivity contribution in [2.45, 2.75) is 13.5 Å². The summed E-state index contributed by atoms with van der Waals surface area (Å²) in [6, 6.07) is 7.69. The minimum absolute atomic E-state index is 0.0925. The highest BCUT2D eigenvalue weighted by atomic mass is 16.4. The van der Waals surface area contributed by atoms with Gasteiger partial charge in [-0.2, -0.15) is 0 Å². The largest absolute Gasteiger partial charge is 0.477 e. The van der Waals surface area contributed by atoms with Crippen molar-refractivity contribution in [1.82, 2.24) is 9.55 Å². The molecule has 0 saturated carbocycles. The van der Waals surface area contributed by atoms with Gasteiger partial charge in [0.15, 0.2) is 0 Å². The zero-order valence-corrected chi connectivity index (χ0v) is 11.1. The molecule has 0 saturated heterocycles. The molecule has 1 N–H and O–H groups in total. The maximum Gasteiger partial charge on any atom is 0.344 e. The zero-order chi connectivity index (χ0) is 14.4. The Morgan fingerprint density at radius 3 is 2.70 bits per heavy atom. The molecule has 0 aliphatic carbocycles. The monoisotopic (exact) mass is 266 g/mol. The van der Waals surface area contributed by atoms with Gasteiger partial charge in [0.25, 0.3) is 0 Å². The number of benzene rings is 1. The summed E-state index contributed by atoms with van der Waals surface area (Å²) >= 11 is 0. The van der Waals surface area contributed by atoms with Crippen molar-refractivity contribution in [3.8, 4) is 11.8 Å². The summed E-state index contributed by atoms with van der Waals surface area (Å²) < 4.78 is 1.97. The number of nitrogens with zero attached hydrogens (tertiary/aromatic N) is 2. The van der Waals surface area contributed by atoms with Gasteiger partial charge < -0.3 is 9.67 Å². The van der Waals surface area contributed by atoms with E-state index in [0.717, 1.165) is 17.7 Å². The lowest BCUT2D eigenvalue weighted by molar-refractivity contribution is -0.132. The van der Waals surface area contributed by atoms with Gasteiger partial charge in [-0.15, -0.1) is 5.92 Å². The van der Waals surface area contributed by atoms with Gasteiger partial charge in [0.05, 0.1) is 6.33 Å². The van der Waals surface area contributed by atoms with E-state index in [1.165, 1.54) is 0 Å². The molecule has 0 radical (unpaired) electrons. The van der Waals surface area contributed by atoms with Gasteiger partial charge in [-0.1, -0.05) is 30.2 Å². The number of carboxylic acids is 1. The van der Waals surface area contributed by atoms with E-state index >= 15 is 0 Å². The molecule has 1 heterocycles. The van der Waals surface area contributed by atoms with Crippen molar-refractivity contribution in [3.63, 3.8) is 0 Å². The van der Waals surface area contributed by atoms with Crippen LogP contribution in [0.15, 0.2) is 48.6 Å². The smallest absolute Gasteiger partial charge is 0.344 e. The first-order valence-electron chi connectivity index (χ1n) is 6.11. The summed E-state index contributed by atoms with van der Waals surface area (Å²) in [7, 11) is 0. The molecule has 0 unspecified atom stereocenters. The Morgan fingerprint density at radius 1 is 1.40 bits per heavy atom. The lowest BCUT2D eigenvalue weighted by atomic mass is 10.1. The summed E-state index contributed by atoms with van der Waals surface area (Å²) in [6.45, 7) is 2.36. The molecule has 20 heavy (non-hydrogen) atoms. The molecule has 4 nitrogen and oxygen atoms in total. The van der Waals surface area contributed by atoms with Gasteiger partial charge in [0.1, 0.15) is 5.57 Å². The van der Waals surface area contributed by atoms with Crippen LogP contribution in [0.25, 0.3) is 6.08 Å². The minimum atomic E-state index is -1.01. The van der Waals surface area contributed by atoms with Crippen LogP contribution in [0, 0.1) is 11.8 Å². The summed E-state index contributed by atoms with van der Waals surface area (Å²) in [5.74, 6) is 4.17. The molecular formula is C16H14N2O2. The first-order chi connectivity index (χ1) is 9.69. The Kier molecular flexibility index (Phi) is 4.35. The molecule has 0 fully saturated rings. The van der Waals surface area contributed by atoms with Crippen molar-refractivity contribution in [2.75, 3.05) is 0 Å². The molecule has 0 amide bonds. The maximum atomic E-state index is 11.0. The molecule has 0 bridgehead atoms. The van der Waals surface area contributed by atoms with Crippen molar-refractivity contribution in [2.24, 2.45) is 0 Å². The zero-order valence-electron chi connectivity index (χ0n) is 11.1. The van der Waals surface area contributed by atoms with Gasteiger partial charge in [-0.05, 0) is 24.1 Å². The Balaban J connectivity index is 2.16. The number of aromatic nitrogens is 2. The molecule has 4 heteroatoms. The Bertz CT molecular complexity index is 672. The predicted molar refractivity (Wildman–Crippen MR) is 76.8 cm³/mol. The van der Waals surface area contributed by atoms with Crippen molar-refractivity contribution in [1.29, 1.82) is 0 Å². The van der Waals surface area contributed by atoms with Crippen LogP contribution in [0.1, 0.15) is 18.1 Å². The highest BCUT2D eigenvalue weighted by molar-refractivity contribution is 5.97. The number of carbonyl (C=O) groups is 1. The first kappa shape index (κ1) is 13.6. The summed E-state index contributed by atoms with van der Waals surface area (Å²) in [6.07, 6.45) is 6.96. The Morgan fingerprint density at radius 2 is 2.15 bits per heavy atom. The fourth-order valence-corrected chi connectivity index (χ4v) is 1.76. The van der Waals surface area contributed by atoms with E-state index in [4.69, 9.17) is 5.11 Å². The number of rotatable bonds is 4. The number of hydrogen-bond acceptors (Lipinski definition) is 2. The molecular weight excluding hydrogens is 252 g/mol. The molecule has 1 aromatic heterocycles. The van der Waals surface area contributed by atoms with Crippen LogP contribution in [0.2, 0.25) is 0 Å². The van der Waals surface area contributed by atoms with E-state index in [0.29, 0.717) is 0 Å². The lowest BCUT2D eigenvalue weighted by Crippen LogP contribution is -1.98. The van der Waals surface area contributed by atoms with Gasteiger partial charge >= 0.3 is 5.97 Å². The summed E-state index contributed by atoms with van der Waals surface area (Å²) in [5, 5.41) is 9.01. The third kappa shape index (κ3) is 3.59. The average Bonchev–Trinajstić information content (AvgIpc) is 2.93. The molecule has 100 valence electrons.